The predicted molar refractivity (Wildman–Crippen MR) is 128 cm³/mol. The fraction of sp³-hybridized carbons (Fsp3) is 0. The molecule has 2 aromatic carbocycles. The van der Waals surface area contributed by atoms with E-state index in [2.05, 4.69) is 15.0 Å². The van der Waals surface area contributed by atoms with E-state index in [0.717, 1.165) is 0 Å². The summed E-state index contributed by atoms with van der Waals surface area (Å²) in [5, 5.41) is -1.48. The lowest BCUT2D eigenvalue weighted by atomic mass is 10.3. The van der Waals surface area contributed by atoms with E-state index in [1.165, 1.54) is 0 Å². The highest BCUT2D eigenvalue weighted by Crippen LogP contribution is 2.50. The molecule has 164 valence electrons. The van der Waals surface area contributed by atoms with Gasteiger partial charge in [0.05, 0.1) is 30.1 Å². The van der Waals surface area contributed by atoms with Crippen LogP contribution >= 0.6 is 128 Å². The molecule has 0 N–H and O–H groups in total. The van der Waals surface area contributed by atoms with E-state index in [1.807, 2.05) is 0 Å². The summed E-state index contributed by atoms with van der Waals surface area (Å²) in [5.41, 5.74) is 0. The van der Waals surface area contributed by atoms with Crippen molar-refractivity contribution in [2.24, 2.45) is 0 Å². The van der Waals surface area contributed by atoms with Crippen molar-refractivity contribution in [3.05, 3.63) is 55.5 Å². The van der Waals surface area contributed by atoms with Crippen molar-refractivity contribution in [3.8, 4) is 23.5 Å². The van der Waals surface area contributed by atoms with Gasteiger partial charge in [-0.25, -0.2) is 0 Å². The van der Waals surface area contributed by atoms with Crippen molar-refractivity contribution in [2.45, 2.75) is 0 Å². The average molecular weight is 644 g/mol. The SMILES string of the molecule is Clc1nc(Oc2c(Cl)c(Cl)c(Cl)c(Cl)c2Cl)nc(Oc2c(Cl)c(Cl)c(Cl)c(Cl)c2Cl)n1. The first-order valence-corrected chi connectivity index (χ1v) is 11.4. The van der Waals surface area contributed by atoms with E-state index in [-0.39, 0.29) is 67.0 Å². The van der Waals surface area contributed by atoms with Gasteiger partial charge >= 0.3 is 12.0 Å². The Morgan fingerprint density at radius 2 is 0.613 bits per heavy atom. The van der Waals surface area contributed by atoms with Crippen LogP contribution in [0.15, 0.2) is 0 Å². The third kappa shape index (κ3) is 5.18. The first-order valence-electron chi connectivity index (χ1n) is 7.24. The zero-order chi connectivity index (χ0) is 23.2. The molecule has 5 nitrogen and oxygen atoms in total. The van der Waals surface area contributed by atoms with E-state index in [4.69, 9.17) is 137 Å². The number of benzene rings is 2. The van der Waals surface area contributed by atoms with E-state index in [0.29, 0.717) is 0 Å². The molecule has 3 aromatic rings. The quantitative estimate of drug-likeness (QED) is 0.209. The molecule has 0 saturated heterocycles. The molecular weight excluding hydrogens is 644 g/mol. The number of hydrogen-bond donors (Lipinski definition) is 0. The molecule has 0 aliphatic rings. The van der Waals surface area contributed by atoms with E-state index >= 15 is 0 Å². The van der Waals surface area contributed by atoms with Gasteiger partial charge in [-0.15, -0.1) is 4.98 Å². The molecule has 0 amide bonds. The maximum absolute atomic E-state index is 6.13. The molecule has 1 aromatic heterocycles. The second-order valence-corrected chi connectivity index (χ2v) is 9.29. The van der Waals surface area contributed by atoms with Gasteiger partial charge in [-0.05, 0) is 11.6 Å². The Hall–Kier alpha value is 0.240. The molecule has 3 rings (SSSR count). The Labute approximate surface area is 229 Å². The smallest absolute Gasteiger partial charge is 0.329 e. The molecule has 0 fully saturated rings. The van der Waals surface area contributed by atoms with Crippen LogP contribution in [0.5, 0.6) is 23.5 Å². The first kappa shape index (κ1) is 25.9. The lowest BCUT2D eigenvalue weighted by molar-refractivity contribution is 0.397. The summed E-state index contributed by atoms with van der Waals surface area (Å²) < 4.78 is 11.0. The fourth-order valence-corrected chi connectivity index (χ4v) is 4.48. The number of nitrogens with zero attached hydrogens (tertiary/aromatic N) is 3. The van der Waals surface area contributed by atoms with Crippen molar-refractivity contribution < 1.29 is 9.47 Å². The maximum atomic E-state index is 6.13. The van der Waals surface area contributed by atoms with E-state index < -0.39 is 12.0 Å². The zero-order valence-electron chi connectivity index (χ0n) is 13.8. The van der Waals surface area contributed by atoms with Crippen LogP contribution in [0.2, 0.25) is 55.5 Å². The summed E-state index contributed by atoms with van der Waals surface area (Å²) in [6.45, 7) is 0. The van der Waals surface area contributed by atoms with Crippen LogP contribution in [0.1, 0.15) is 0 Å². The topological polar surface area (TPSA) is 57.1 Å². The molecule has 0 radical (unpaired) electrons. The predicted octanol–water partition coefficient (Wildman–Crippen LogP) is 10.6. The van der Waals surface area contributed by atoms with Gasteiger partial charge in [0, 0.05) is 0 Å². The van der Waals surface area contributed by atoms with Crippen LogP contribution in [0.25, 0.3) is 0 Å². The second-order valence-electron chi connectivity index (χ2n) is 5.17. The molecule has 0 bridgehead atoms. The van der Waals surface area contributed by atoms with Gasteiger partial charge in [-0.2, -0.15) is 9.97 Å². The summed E-state index contributed by atoms with van der Waals surface area (Å²) >= 11 is 66.4. The van der Waals surface area contributed by atoms with Crippen molar-refractivity contribution in [1.29, 1.82) is 0 Å². The lowest BCUT2D eigenvalue weighted by Crippen LogP contribution is -2.00. The molecule has 0 unspecified atom stereocenters. The molecule has 31 heavy (non-hydrogen) atoms. The number of aromatic nitrogens is 3. The molecule has 0 atom stereocenters. The monoisotopic (exact) mass is 639 g/mol. The third-order valence-electron chi connectivity index (χ3n) is 3.29. The van der Waals surface area contributed by atoms with Gasteiger partial charge < -0.3 is 9.47 Å². The summed E-state index contributed by atoms with van der Waals surface area (Å²) in [6, 6.07) is -0.793. The third-order valence-corrected chi connectivity index (χ3v) is 7.95. The van der Waals surface area contributed by atoms with Gasteiger partial charge in [0.25, 0.3) is 0 Å². The van der Waals surface area contributed by atoms with Gasteiger partial charge in [-0.1, -0.05) is 116 Å². The molecule has 0 aliphatic heterocycles. The Balaban J connectivity index is 2.04. The molecule has 0 saturated carbocycles. The van der Waals surface area contributed by atoms with Crippen molar-refractivity contribution in [2.75, 3.05) is 0 Å². The van der Waals surface area contributed by atoms with Crippen LogP contribution in [0.3, 0.4) is 0 Å². The highest BCUT2D eigenvalue weighted by atomic mass is 35.5. The minimum atomic E-state index is -0.397. The van der Waals surface area contributed by atoms with Gasteiger partial charge in [-0.3, -0.25) is 0 Å². The highest BCUT2D eigenvalue weighted by Gasteiger charge is 2.24. The highest BCUT2D eigenvalue weighted by molar-refractivity contribution is 6.56. The average Bonchev–Trinajstić information content (AvgIpc) is 2.74. The van der Waals surface area contributed by atoms with Crippen LogP contribution in [-0.4, -0.2) is 15.0 Å². The summed E-state index contributed by atoms with van der Waals surface area (Å²) in [4.78, 5) is 11.5. The van der Waals surface area contributed by atoms with E-state index in [1.54, 1.807) is 0 Å². The number of hydrogen-bond acceptors (Lipinski definition) is 5. The Bertz CT molecular complexity index is 1070. The summed E-state index contributed by atoms with van der Waals surface area (Å²) in [6.07, 6.45) is 0. The van der Waals surface area contributed by atoms with E-state index in [9.17, 15) is 0 Å². The van der Waals surface area contributed by atoms with Crippen molar-refractivity contribution in [1.82, 2.24) is 15.0 Å². The molecule has 0 spiro atoms. The Morgan fingerprint density at radius 3 is 0.903 bits per heavy atom. The molecule has 1 heterocycles. The van der Waals surface area contributed by atoms with Crippen LogP contribution in [0.4, 0.5) is 0 Å². The van der Waals surface area contributed by atoms with Crippen LogP contribution < -0.4 is 9.47 Å². The van der Waals surface area contributed by atoms with Gasteiger partial charge in [0.15, 0.2) is 11.5 Å². The first-order chi connectivity index (χ1) is 14.4. The standard InChI is InChI=1S/C15Cl11N3O2/c16-1-3(18)7(22)11(8(23)4(1)19)30-14-27-13(26)28-15(29-14)31-12-9(24)5(20)2(17)6(21)10(12)25. The largest absolute Gasteiger partial charge is 0.421 e. The zero-order valence-corrected chi connectivity index (χ0v) is 22.1. The van der Waals surface area contributed by atoms with Gasteiger partial charge in [0.2, 0.25) is 5.28 Å². The Kier molecular flexibility index (Phi) is 8.54. The molecule has 16 heteroatoms. The minimum Gasteiger partial charge on any atom is -0.421 e. The fourth-order valence-electron chi connectivity index (χ4n) is 1.94. The minimum absolute atomic E-state index is 0.0656. The van der Waals surface area contributed by atoms with Gasteiger partial charge in [0.1, 0.15) is 20.1 Å². The summed E-state index contributed by atoms with van der Waals surface area (Å²) in [7, 11) is 0. The summed E-state index contributed by atoms with van der Waals surface area (Å²) in [5.74, 6) is -0.380. The maximum Gasteiger partial charge on any atom is 0.329 e. The Morgan fingerprint density at radius 1 is 0.355 bits per heavy atom. The normalized spacial score (nSPS) is 11.1. The second kappa shape index (κ2) is 10.2. The molecule has 0 aliphatic carbocycles. The van der Waals surface area contributed by atoms with Crippen molar-refractivity contribution in [3.63, 3.8) is 0 Å². The lowest BCUT2D eigenvalue weighted by Gasteiger charge is -2.14. The van der Waals surface area contributed by atoms with Crippen molar-refractivity contribution >= 4 is 128 Å². The number of ether oxygens (including phenoxy) is 2. The van der Waals surface area contributed by atoms with Crippen LogP contribution in [-0.2, 0) is 0 Å². The number of halogens is 11. The number of rotatable bonds is 4. The molecular formula is C15Cl11N3O2. The van der Waals surface area contributed by atoms with Crippen LogP contribution in [0, 0.1) is 0 Å².